The standard InChI is InChI=1S/C25H41NO5/c1-15(2)11-24-12-16(3)10-19(28-24)21-20(29-24)13-25(30-21)18(5)9-17(4)14-26(25)22(27)31-23(6,7)8/h16-21H,1,9-14H2,2-8H3/t16-,17+,18-,19-,20-,21+,24-,25-/m1/s1. The number of ether oxygens (including phenoxy) is 4. The van der Waals surface area contributed by atoms with E-state index in [1.807, 2.05) is 32.6 Å². The molecule has 4 aliphatic heterocycles. The average Bonchev–Trinajstić information content (AvgIpc) is 2.95. The van der Waals surface area contributed by atoms with E-state index in [-0.39, 0.29) is 30.3 Å². The summed E-state index contributed by atoms with van der Waals surface area (Å²) in [5, 5.41) is 0. The summed E-state index contributed by atoms with van der Waals surface area (Å²) in [4.78, 5) is 15.2. The number of fused-ring (bicyclic) bond motifs is 4. The molecule has 6 nitrogen and oxygen atoms in total. The highest BCUT2D eigenvalue weighted by atomic mass is 16.7. The fraction of sp³-hybridized carbons (Fsp3) is 0.880. The van der Waals surface area contributed by atoms with E-state index in [0.717, 1.165) is 24.8 Å². The second kappa shape index (κ2) is 7.74. The van der Waals surface area contributed by atoms with Crippen LogP contribution in [-0.4, -0.2) is 53.0 Å². The molecule has 8 atom stereocenters. The van der Waals surface area contributed by atoms with Crippen LogP contribution in [0.15, 0.2) is 12.2 Å². The van der Waals surface area contributed by atoms with Crippen molar-refractivity contribution in [1.82, 2.24) is 4.90 Å². The van der Waals surface area contributed by atoms with Gasteiger partial charge in [-0.25, -0.2) is 4.79 Å². The van der Waals surface area contributed by atoms with Gasteiger partial charge in [0, 0.05) is 31.7 Å². The van der Waals surface area contributed by atoms with Crippen LogP contribution in [0.2, 0.25) is 0 Å². The average molecular weight is 436 g/mol. The predicted octanol–water partition coefficient (Wildman–Crippen LogP) is 5.26. The molecule has 0 aromatic heterocycles. The number of carbonyl (C=O) groups excluding carboxylic acids is 1. The van der Waals surface area contributed by atoms with Gasteiger partial charge in [0.05, 0.1) is 12.2 Å². The minimum atomic E-state index is -0.710. The van der Waals surface area contributed by atoms with Crippen molar-refractivity contribution >= 4 is 6.09 Å². The smallest absolute Gasteiger partial charge is 0.412 e. The Hall–Kier alpha value is -1.11. The van der Waals surface area contributed by atoms with Crippen molar-refractivity contribution in [1.29, 1.82) is 0 Å². The molecule has 0 saturated carbocycles. The predicted molar refractivity (Wildman–Crippen MR) is 118 cm³/mol. The molecule has 0 N–H and O–H groups in total. The van der Waals surface area contributed by atoms with Crippen LogP contribution in [0.1, 0.15) is 80.6 Å². The molecule has 2 bridgehead atoms. The minimum absolute atomic E-state index is 0.0201. The quantitative estimate of drug-likeness (QED) is 0.554. The Bertz CT molecular complexity index is 732. The number of carbonyl (C=O) groups is 1. The molecule has 0 radical (unpaired) electrons. The highest BCUT2D eigenvalue weighted by Gasteiger charge is 2.64. The summed E-state index contributed by atoms with van der Waals surface area (Å²) >= 11 is 0. The summed E-state index contributed by atoms with van der Waals surface area (Å²) in [7, 11) is 0. The molecule has 4 rings (SSSR count). The van der Waals surface area contributed by atoms with Gasteiger partial charge in [-0.3, -0.25) is 4.90 Å². The lowest BCUT2D eigenvalue weighted by atomic mass is 9.79. The van der Waals surface area contributed by atoms with E-state index in [1.165, 1.54) is 0 Å². The van der Waals surface area contributed by atoms with Gasteiger partial charge >= 0.3 is 6.09 Å². The molecule has 1 amide bonds. The molecular formula is C25H41NO5. The third-order valence-corrected chi connectivity index (χ3v) is 7.26. The lowest BCUT2D eigenvalue weighted by Gasteiger charge is -2.52. The number of amides is 1. The molecule has 0 aliphatic carbocycles. The van der Waals surface area contributed by atoms with E-state index in [0.29, 0.717) is 31.2 Å². The SMILES string of the molecule is C=C(C)C[C@@]12C[C@H](C)C[C@@H](O1)[C@@H]1O[C@]3(C[C@H]1O2)[C@H](C)C[C@H](C)CN3C(=O)OC(C)(C)C. The molecule has 4 heterocycles. The second-order valence-electron chi connectivity index (χ2n) is 11.9. The van der Waals surface area contributed by atoms with Gasteiger partial charge < -0.3 is 18.9 Å². The van der Waals surface area contributed by atoms with E-state index in [2.05, 4.69) is 27.4 Å². The zero-order valence-electron chi connectivity index (χ0n) is 20.4. The summed E-state index contributed by atoms with van der Waals surface area (Å²) in [6.45, 7) is 19.2. The third kappa shape index (κ3) is 4.28. The maximum atomic E-state index is 13.3. The fourth-order valence-corrected chi connectivity index (χ4v) is 6.37. The summed E-state index contributed by atoms with van der Waals surface area (Å²) < 4.78 is 25.9. The van der Waals surface area contributed by atoms with Crippen LogP contribution in [0.5, 0.6) is 0 Å². The van der Waals surface area contributed by atoms with Gasteiger partial charge in [-0.1, -0.05) is 32.9 Å². The lowest BCUT2D eigenvalue weighted by Crippen LogP contribution is -2.62. The monoisotopic (exact) mass is 435 g/mol. The van der Waals surface area contributed by atoms with Crippen LogP contribution in [0.25, 0.3) is 0 Å². The third-order valence-electron chi connectivity index (χ3n) is 7.26. The number of likely N-dealkylation sites (tertiary alicyclic amines) is 1. The first kappa shape index (κ1) is 23.1. The molecule has 1 spiro atoms. The number of piperidine rings is 1. The Labute approximate surface area is 187 Å². The Balaban J connectivity index is 1.65. The molecular weight excluding hydrogens is 394 g/mol. The first-order valence-electron chi connectivity index (χ1n) is 12.0. The van der Waals surface area contributed by atoms with Crippen molar-refractivity contribution in [2.24, 2.45) is 17.8 Å². The Morgan fingerprint density at radius 2 is 1.74 bits per heavy atom. The minimum Gasteiger partial charge on any atom is -0.444 e. The van der Waals surface area contributed by atoms with Crippen LogP contribution < -0.4 is 0 Å². The van der Waals surface area contributed by atoms with Gasteiger partial charge in [0.25, 0.3) is 0 Å². The first-order chi connectivity index (χ1) is 14.3. The maximum Gasteiger partial charge on any atom is 0.412 e. The van der Waals surface area contributed by atoms with Gasteiger partial charge in [-0.2, -0.15) is 0 Å². The molecule has 4 fully saturated rings. The van der Waals surface area contributed by atoms with Crippen LogP contribution in [-0.2, 0) is 18.9 Å². The van der Waals surface area contributed by atoms with E-state index < -0.39 is 17.1 Å². The molecule has 4 aliphatic rings. The van der Waals surface area contributed by atoms with E-state index in [9.17, 15) is 4.79 Å². The maximum absolute atomic E-state index is 13.3. The number of nitrogens with zero attached hydrogens (tertiary/aromatic N) is 1. The number of hydrogen-bond donors (Lipinski definition) is 0. The summed E-state index contributed by atoms with van der Waals surface area (Å²) in [5.74, 6) is 0.453. The lowest BCUT2D eigenvalue weighted by molar-refractivity contribution is -0.365. The Morgan fingerprint density at radius 3 is 2.39 bits per heavy atom. The van der Waals surface area contributed by atoms with Crippen molar-refractivity contribution < 1.29 is 23.7 Å². The molecule has 176 valence electrons. The fourth-order valence-electron chi connectivity index (χ4n) is 6.37. The Kier molecular flexibility index (Phi) is 5.76. The Morgan fingerprint density at radius 1 is 1.06 bits per heavy atom. The van der Waals surface area contributed by atoms with E-state index >= 15 is 0 Å². The van der Waals surface area contributed by atoms with E-state index in [4.69, 9.17) is 18.9 Å². The molecule has 0 unspecified atom stereocenters. The summed E-state index contributed by atoms with van der Waals surface area (Å²) in [6, 6.07) is 0. The van der Waals surface area contributed by atoms with Gasteiger partial charge in [0.1, 0.15) is 11.7 Å². The van der Waals surface area contributed by atoms with Crippen molar-refractivity contribution in [2.75, 3.05) is 6.54 Å². The topological polar surface area (TPSA) is 57.2 Å². The van der Waals surface area contributed by atoms with E-state index in [1.54, 1.807) is 0 Å². The molecule has 0 aromatic carbocycles. The zero-order valence-corrected chi connectivity index (χ0v) is 20.4. The van der Waals surface area contributed by atoms with Crippen LogP contribution in [0.4, 0.5) is 4.79 Å². The van der Waals surface area contributed by atoms with Crippen LogP contribution in [0, 0.1) is 17.8 Å². The normalized spacial score (nSPS) is 44.8. The highest BCUT2D eigenvalue weighted by molar-refractivity contribution is 5.69. The molecule has 4 saturated heterocycles. The molecule has 0 aromatic rings. The first-order valence-corrected chi connectivity index (χ1v) is 12.0. The molecule has 6 heteroatoms. The van der Waals surface area contributed by atoms with Crippen LogP contribution in [0.3, 0.4) is 0 Å². The zero-order chi connectivity index (χ0) is 22.8. The van der Waals surface area contributed by atoms with Gasteiger partial charge in [-0.05, 0) is 52.4 Å². The summed E-state index contributed by atoms with van der Waals surface area (Å²) in [6.07, 6.45) is 3.63. The van der Waals surface area contributed by atoms with Crippen molar-refractivity contribution in [3.8, 4) is 0 Å². The van der Waals surface area contributed by atoms with Gasteiger partial charge in [0.2, 0.25) is 0 Å². The molecule has 31 heavy (non-hydrogen) atoms. The van der Waals surface area contributed by atoms with Crippen molar-refractivity contribution in [2.45, 2.75) is 116 Å². The van der Waals surface area contributed by atoms with Crippen molar-refractivity contribution in [3.05, 3.63) is 12.2 Å². The van der Waals surface area contributed by atoms with Crippen molar-refractivity contribution in [3.63, 3.8) is 0 Å². The van der Waals surface area contributed by atoms with Gasteiger partial charge in [0.15, 0.2) is 11.5 Å². The summed E-state index contributed by atoms with van der Waals surface area (Å²) in [5.41, 5.74) is -0.196. The largest absolute Gasteiger partial charge is 0.444 e. The number of rotatable bonds is 2. The highest BCUT2D eigenvalue weighted by Crippen LogP contribution is 2.54. The van der Waals surface area contributed by atoms with Crippen LogP contribution >= 0.6 is 0 Å². The van der Waals surface area contributed by atoms with Gasteiger partial charge in [-0.15, -0.1) is 0 Å². The second-order valence-corrected chi connectivity index (χ2v) is 11.9. The number of hydrogen-bond acceptors (Lipinski definition) is 5.